The Bertz CT molecular complexity index is 1400. The van der Waals surface area contributed by atoms with E-state index in [4.69, 9.17) is 4.74 Å². The smallest absolute Gasteiger partial charge is 0.300 e. The monoisotopic (exact) mass is 502 g/mol. The van der Waals surface area contributed by atoms with Gasteiger partial charge in [-0.3, -0.25) is 40.9 Å². The molecular weight excluding hydrogens is 480 g/mol. The molecule has 4 rings (SSSR count). The predicted molar refractivity (Wildman–Crippen MR) is 138 cm³/mol. The summed E-state index contributed by atoms with van der Waals surface area (Å²) in [6.45, 7) is 1.01. The Balaban J connectivity index is 1.81. The van der Waals surface area contributed by atoms with Gasteiger partial charge >= 0.3 is 5.69 Å². The number of hydrogen-bond donors (Lipinski definition) is 3. The zero-order valence-electron chi connectivity index (χ0n) is 19.6. The number of non-ortho nitro benzene ring substituents is 1. The number of nitro benzene ring substituents is 2. The van der Waals surface area contributed by atoms with E-state index in [0.29, 0.717) is 41.5 Å². The summed E-state index contributed by atoms with van der Waals surface area (Å²) >= 11 is 0. The van der Waals surface area contributed by atoms with E-state index in [2.05, 4.69) is 21.2 Å². The average molecular weight is 502 g/mol. The van der Waals surface area contributed by atoms with Crippen molar-refractivity contribution in [3.63, 3.8) is 0 Å². The van der Waals surface area contributed by atoms with Crippen molar-refractivity contribution in [3.05, 3.63) is 110 Å². The van der Waals surface area contributed by atoms with Crippen molar-refractivity contribution >= 4 is 34.4 Å². The van der Waals surface area contributed by atoms with Gasteiger partial charge in [0.05, 0.1) is 40.8 Å². The number of ketones is 1. The summed E-state index contributed by atoms with van der Waals surface area (Å²) in [4.78, 5) is 39.5. The van der Waals surface area contributed by atoms with Gasteiger partial charge in [-0.2, -0.15) is 0 Å². The average Bonchev–Trinajstić information content (AvgIpc) is 3.45. The van der Waals surface area contributed by atoms with Crippen LogP contribution in [0.3, 0.4) is 0 Å². The topological polar surface area (TPSA) is 161 Å². The molecular formula is C25H22N6O6. The van der Waals surface area contributed by atoms with Crippen LogP contribution in [-0.4, -0.2) is 41.7 Å². The molecule has 1 heterocycles. The molecule has 0 bridgehead atoms. The van der Waals surface area contributed by atoms with Crippen LogP contribution in [0.25, 0.3) is 5.70 Å². The first kappa shape index (κ1) is 24.9. The Labute approximate surface area is 211 Å². The molecule has 188 valence electrons. The third-order valence-electron chi connectivity index (χ3n) is 5.51. The number of benzene rings is 3. The molecule has 3 N–H and O–H groups in total. The van der Waals surface area contributed by atoms with E-state index in [1.165, 1.54) is 13.2 Å². The fourth-order valence-corrected chi connectivity index (χ4v) is 3.70. The largest absolute Gasteiger partial charge is 0.497 e. The number of rotatable bonds is 10. The highest BCUT2D eigenvalue weighted by atomic mass is 16.6. The third kappa shape index (κ3) is 5.53. The van der Waals surface area contributed by atoms with Gasteiger partial charge in [0.1, 0.15) is 17.3 Å². The Morgan fingerprint density at radius 1 is 0.973 bits per heavy atom. The summed E-state index contributed by atoms with van der Waals surface area (Å²) in [5.74, 6) is 0.612. The maximum absolute atomic E-state index is 13.8. The summed E-state index contributed by atoms with van der Waals surface area (Å²) in [5, 5.41) is 25.8. The summed E-state index contributed by atoms with van der Waals surface area (Å²) in [5.41, 5.74) is 6.25. The lowest BCUT2D eigenvalue weighted by atomic mass is 9.97. The lowest BCUT2D eigenvalue weighted by Gasteiger charge is -2.19. The number of ether oxygens (including phenoxy) is 1. The number of Topliss-reactive ketones (excluding diaryl/α,β-unsaturated/α-hetero) is 1. The zero-order chi connectivity index (χ0) is 26.4. The standard InChI is InChI=1S/C25H22N6O6/c1-37-19-10-7-17(8-11-19)24(32)22(25-26-13-14-27-25)23(16-5-3-2-4-6-16)29-28-20-12-9-18(30(33)34)15-21(20)31(35)36/h2-12,15,28-29H,13-14H2,1H3,(H,26,27)/b23-22+. The number of hydrazine groups is 1. The number of amidine groups is 1. The SMILES string of the molecule is COc1ccc(C(=O)/C(C2=NCCN2)=C(\NNc2ccc([N+](=O)[O-])cc2[N+](=O)[O-])c2ccccc2)cc1. The minimum atomic E-state index is -0.727. The Hall–Kier alpha value is -5.26. The first-order chi connectivity index (χ1) is 17.9. The Morgan fingerprint density at radius 3 is 2.30 bits per heavy atom. The fourth-order valence-electron chi connectivity index (χ4n) is 3.70. The highest BCUT2D eigenvalue weighted by molar-refractivity contribution is 6.31. The van der Waals surface area contributed by atoms with Crippen LogP contribution in [0.1, 0.15) is 15.9 Å². The molecule has 0 saturated carbocycles. The summed E-state index contributed by atoms with van der Waals surface area (Å²) < 4.78 is 5.19. The molecule has 0 spiro atoms. The number of aliphatic imine (C=N–C) groups is 1. The van der Waals surface area contributed by atoms with Crippen molar-refractivity contribution in [2.24, 2.45) is 4.99 Å². The van der Waals surface area contributed by atoms with Gasteiger partial charge in [0, 0.05) is 23.7 Å². The fraction of sp³-hybridized carbons (Fsp3) is 0.120. The molecule has 0 unspecified atom stereocenters. The van der Waals surface area contributed by atoms with Crippen molar-refractivity contribution in [1.82, 2.24) is 10.7 Å². The van der Waals surface area contributed by atoms with Gasteiger partial charge in [-0.15, -0.1) is 0 Å². The molecule has 0 aromatic heterocycles. The number of nitrogens with zero attached hydrogens (tertiary/aromatic N) is 3. The van der Waals surface area contributed by atoms with E-state index in [0.717, 1.165) is 12.1 Å². The molecule has 12 heteroatoms. The van der Waals surface area contributed by atoms with Gasteiger partial charge in [-0.25, -0.2) is 0 Å². The number of anilines is 1. The lowest BCUT2D eigenvalue weighted by molar-refractivity contribution is -0.393. The van der Waals surface area contributed by atoms with Gasteiger partial charge in [0.2, 0.25) is 0 Å². The highest BCUT2D eigenvalue weighted by Gasteiger charge is 2.26. The normalized spacial score (nSPS) is 13.1. The first-order valence-electron chi connectivity index (χ1n) is 11.1. The molecule has 1 aliphatic rings. The van der Waals surface area contributed by atoms with E-state index in [1.807, 2.05) is 6.07 Å². The van der Waals surface area contributed by atoms with Crippen LogP contribution >= 0.6 is 0 Å². The second-order valence-corrected chi connectivity index (χ2v) is 7.80. The van der Waals surface area contributed by atoms with E-state index >= 15 is 0 Å². The molecule has 37 heavy (non-hydrogen) atoms. The predicted octanol–water partition coefficient (Wildman–Crippen LogP) is 3.72. The van der Waals surface area contributed by atoms with E-state index in [-0.39, 0.29) is 17.0 Å². The van der Waals surface area contributed by atoms with Crippen LogP contribution in [0.2, 0.25) is 0 Å². The van der Waals surface area contributed by atoms with Crippen molar-refractivity contribution in [2.45, 2.75) is 0 Å². The van der Waals surface area contributed by atoms with E-state index in [9.17, 15) is 25.0 Å². The quantitative estimate of drug-likeness (QED) is 0.162. The number of nitro groups is 2. The molecule has 0 amide bonds. The molecule has 12 nitrogen and oxygen atoms in total. The van der Waals surface area contributed by atoms with Crippen LogP contribution in [0.5, 0.6) is 5.75 Å². The summed E-state index contributed by atoms with van der Waals surface area (Å²) in [6.07, 6.45) is 0. The minimum absolute atomic E-state index is 0.0263. The number of nitrogens with one attached hydrogen (secondary N) is 3. The maximum atomic E-state index is 13.8. The third-order valence-corrected chi connectivity index (χ3v) is 5.51. The number of carbonyl (C=O) groups is 1. The van der Waals surface area contributed by atoms with Crippen LogP contribution in [0.15, 0.2) is 83.4 Å². The van der Waals surface area contributed by atoms with Gasteiger partial charge in [0.25, 0.3) is 5.69 Å². The highest BCUT2D eigenvalue weighted by Crippen LogP contribution is 2.30. The van der Waals surface area contributed by atoms with Gasteiger partial charge in [-0.1, -0.05) is 30.3 Å². The van der Waals surface area contributed by atoms with Gasteiger partial charge in [-0.05, 0) is 30.3 Å². The van der Waals surface area contributed by atoms with E-state index in [1.54, 1.807) is 48.5 Å². The molecule has 3 aromatic carbocycles. The molecule has 3 aromatic rings. The second-order valence-electron chi connectivity index (χ2n) is 7.80. The number of methoxy groups -OCH3 is 1. The van der Waals surface area contributed by atoms with E-state index < -0.39 is 21.2 Å². The maximum Gasteiger partial charge on any atom is 0.300 e. The summed E-state index contributed by atoms with van der Waals surface area (Å²) in [7, 11) is 1.53. The van der Waals surface area contributed by atoms with Crippen LogP contribution in [0, 0.1) is 20.2 Å². The van der Waals surface area contributed by atoms with Gasteiger partial charge in [0.15, 0.2) is 5.78 Å². The minimum Gasteiger partial charge on any atom is -0.497 e. The second kappa shape index (κ2) is 11.0. The van der Waals surface area contributed by atoms with Crippen molar-refractivity contribution in [3.8, 4) is 5.75 Å². The molecule has 0 fully saturated rings. The van der Waals surface area contributed by atoms with Crippen LogP contribution < -0.4 is 20.9 Å². The molecule has 0 saturated heterocycles. The molecule has 0 atom stereocenters. The number of hydrogen-bond acceptors (Lipinski definition) is 10. The lowest BCUT2D eigenvalue weighted by Crippen LogP contribution is -2.31. The Morgan fingerprint density at radius 2 is 1.70 bits per heavy atom. The number of carbonyl (C=O) groups excluding carboxylic acids is 1. The Kier molecular flexibility index (Phi) is 7.38. The summed E-state index contributed by atoms with van der Waals surface area (Å²) in [6, 6.07) is 18.8. The molecule has 0 radical (unpaired) electrons. The van der Waals surface area contributed by atoms with Crippen molar-refractivity contribution in [1.29, 1.82) is 0 Å². The van der Waals surface area contributed by atoms with Crippen LogP contribution in [0.4, 0.5) is 17.1 Å². The zero-order valence-corrected chi connectivity index (χ0v) is 19.6. The molecule has 1 aliphatic heterocycles. The van der Waals surface area contributed by atoms with Gasteiger partial charge < -0.3 is 10.1 Å². The van der Waals surface area contributed by atoms with Crippen molar-refractivity contribution in [2.75, 3.05) is 25.6 Å². The van der Waals surface area contributed by atoms with Crippen molar-refractivity contribution < 1.29 is 19.4 Å². The van der Waals surface area contributed by atoms with Crippen LogP contribution in [-0.2, 0) is 0 Å². The molecule has 0 aliphatic carbocycles. The first-order valence-corrected chi connectivity index (χ1v) is 11.1.